The van der Waals surface area contributed by atoms with E-state index in [0.29, 0.717) is 5.69 Å². The van der Waals surface area contributed by atoms with Gasteiger partial charge in [0.05, 0.1) is 15.9 Å². The molecule has 0 unspecified atom stereocenters. The van der Waals surface area contributed by atoms with Crippen molar-refractivity contribution in [2.75, 3.05) is 4.72 Å². The molecule has 0 aliphatic heterocycles. The summed E-state index contributed by atoms with van der Waals surface area (Å²) in [6, 6.07) is 20.0. The van der Waals surface area contributed by atoms with Crippen molar-refractivity contribution in [2.45, 2.75) is 17.7 Å². The molecule has 0 saturated carbocycles. The summed E-state index contributed by atoms with van der Waals surface area (Å²) in [5.74, 6) is 0.497. The number of rotatable bonds is 6. The standard InChI is InChI=1S/C22H20FN3O2S/c1-26-21-8-3-2-7-20(21)24-22(26)14-9-16-5-4-6-18(15-16)25-29(27,28)19-12-10-17(23)11-13-19/h2-8,10-13,15,25H,9,14H2,1H3. The highest BCUT2D eigenvalue weighted by atomic mass is 32.2. The Bertz CT molecular complexity index is 1260. The minimum atomic E-state index is -3.77. The molecule has 148 valence electrons. The quantitative estimate of drug-likeness (QED) is 0.516. The molecule has 7 heteroatoms. The highest BCUT2D eigenvalue weighted by Gasteiger charge is 2.14. The van der Waals surface area contributed by atoms with Crippen molar-refractivity contribution in [2.24, 2.45) is 7.05 Å². The number of fused-ring (bicyclic) bond motifs is 1. The maximum absolute atomic E-state index is 13.1. The topological polar surface area (TPSA) is 64.0 Å². The Labute approximate surface area is 168 Å². The third-order valence-corrected chi connectivity index (χ3v) is 6.22. The lowest BCUT2D eigenvalue weighted by Gasteiger charge is -2.10. The number of hydrogen-bond acceptors (Lipinski definition) is 3. The van der Waals surface area contributed by atoms with Crippen LogP contribution in [0.1, 0.15) is 11.4 Å². The number of aromatic nitrogens is 2. The van der Waals surface area contributed by atoms with Gasteiger partial charge in [0.25, 0.3) is 10.0 Å². The molecule has 5 nitrogen and oxygen atoms in total. The molecule has 0 aliphatic carbocycles. The lowest BCUT2D eigenvalue weighted by molar-refractivity contribution is 0.599. The predicted octanol–water partition coefficient (Wildman–Crippen LogP) is 4.30. The zero-order valence-electron chi connectivity index (χ0n) is 15.8. The zero-order chi connectivity index (χ0) is 20.4. The number of imidazole rings is 1. The summed E-state index contributed by atoms with van der Waals surface area (Å²) in [6.45, 7) is 0. The van der Waals surface area contributed by atoms with Crippen LogP contribution < -0.4 is 4.72 Å². The molecule has 0 bridgehead atoms. The summed E-state index contributed by atoms with van der Waals surface area (Å²) >= 11 is 0. The number of halogens is 1. The van der Waals surface area contributed by atoms with Crippen LogP contribution in [-0.4, -0.2) is 18.0 Å². The molecule has 4 aromatic rings. The number of nitrogens with zero attached hydrogens (tertiary/aromatic N) is 2. The van der Waals surface area contributed by atoms with Gasteiger partial charge in [-0.1, -0.05) is 24.3 Å². The monoisotopic (exact) mass is 409 g/mol. The number of benzene rings is 3. The molecule has 1 heterocycles. The first kappa shape index (κ1) is 19.1. The van der Waals surface area contributed by atoms with E-state index in [9.17, 15) is 12.8 Å². The molecule has 29 heavy (non-hydrogen) atoms. The molecule has 4 rings (SSSR count). The Balaban J connectivity index is 1.50. The lowest BCUT2D eigenvalue weighted by atomic mass is 10.1. The largest absolute Gasteiger partial charge is 0.331 e. The van der Waals surface area contributed by atoms with Crippen LogP contribution in [0.3, 0.4) is 0 Å². The zero-order valence-corrected chi connectivity index (χ0v) is 16.7. The second-order valence-corrected chi connectivity index (χ2v) is 8.52. The smallest absolute Gasteiger partial charge is 0.261 e. The molecule has 0 fully saturated rings. The van der Waals surface area contributed by atoms with Gasteiger partial charge in [0.1, 0.15) is 11.6 Å². The van der Waals surface area contributed by atoms with Crippen LogP contribution in [0, 0.1) is 5.82 Å². The summed E-state index contributed by atoms with van der Waals surface area (Å²) < 4.78 is 42.7. The fourth-order valence-electron chi connectivity index (χ4n) is 3.29. The summed E-state index contributed by atoms with van der Waals surface area (Å²) in [6.07, 6.45) is 1.46. The normalized spacial score (nSPS) is 11.7. The molecular formula is C22H20FN3O2S. The maximum atomic E-state index is 13.1. The average Bonchev–Trinajstić information content (AvgIpc) is 3.03. The van der Waals surface area contributed by atoms with Crippen molar-refractivity contribution in [3.05, 3.63) is 90.0 Å². The molecule has 0 spiro atoms. The Hall–Kier alpha value is -3.19. The van der Waals surface area contributed by atoms with Gasteiger partial charge in [-0.05, 0) is 60.5 Å². The molecule has 0 atom stereocenters. The van der Waals surface area contributed by atoms with E-state index < -0.39 is 15.8 Å². The Morgan fingerprint density at radius 3 is 2.48 bits per heavy atom. The molecule has 3 aromatic carbocycles. The fourth-order valence-corrected chi connectivity index (χ4v) is 4.34. The van der Waals surface area contributed by atoms with Crippen molar-refractivity contribution < 1.29 is 12.8 Å². The number of anilines is 1. The van der Waals surface area contributed by atoms with Gasteiger partial charge in [0.2, 0.25) is 0 Å². The van der Waals surface area contributed by atoms with Crippen molar-refractivity contribution >= 4 is 26.7 Å². The first-order chi connectivity index (χ1) is 13.9. The molecule has 1 N–H and O–H groups in total. The number of aryl methyl sites for hydroxylation is 3. The SMILES string of the molecule is Cn1c(CCc2cccc(NS(=O)(=O)c3ccc(F)cc3)c2)nc2ccccc21. The van der Waals surface area contributed by atoms with Gasteiger partial charge in [-0.15, -0.1) is 0 Å². The molecule has 1 aromatic heterocycles. The van der Waals surface area contributed by atoms with E-state index in [1.165, 1.54) is 12.1 Å². The van der Waals surface area contributed by atoms with Crippen molar-refractivity contribution in [3.63, 3.8) is 0 Å². The van der Waals surface area contributed by atoms with E-state index in [-0.39, 0.29) is 4.90 Å². The number of nitrogens with one attached hydrogen (secondary N) is 1. The van der Waals surface area contributed by atoms with Gasteiger partial charge in [-0.25, -0.2) is 17.8 Å². The van der Waals surface area contributed by atoms with E-state index in [1.807, 2.05) is 49.5 Å². The van der Waals surface area contributed by atoms with Gasteiger partial charge in [0, 0.05) is 19.2 Å². The van der Waals surface area contributed by atoms with Crippen LogP contribution in [0.2, 0.25) is 0 Å². The van der Waals surface area contributed by atoms with E-state index in [1.54, 1.807) is 6.07 Å². The number of hydrogen-bond donors (Lipinski definition) is 1. The van der Waals surface area contributed by atoms with Crippen molar-refractivity contribution in [3.8, 4) is 0 Å². The van der Waals surface area contributed by atoms with E-state index >= 15 is 0 Å². The van der Waals surface area contributed by atoms with Gasteiger partial charge in [-0.3, -0.25) is 4.72 Å². The van der Waals surface area contributed by atoms with Crippen LogP contribution in [0.4, 0.5) is 10.1 Å². The van der Waals surface area contributed by atoms with E-state index in [2.05, 4.69) is 14.3 Å². The first-order valence-corrected chi connectivity index (χ1v) is 10.7. The summed E-state index contributed by atoms with van der Waals surface area (Å²) in [7, 11) is -1.77. The van der Waals surface area contributed by atoms with Crippen LogP contribution in [0.25, 0.3) is 11.0 Å². The highest BCUT2D eigenvalue weighted by Crippen LogP contribution is 2.20. The fraction of sp³-hybridized carbons (Fsp3) is 0.136. The summed E-state index contributed by atoms with van der Waals surface area (Å²) in [5, 5.41) is 0. The van der Waals surface area contributed by atoms with Crippen molar-refractivity contribution in [1.82, 2.24) is 9.55 Å². The third-order valence-electron chi connectivity index (χ3n) is 4.82. The van der Waals surface area contributed by atoms with Gasteiger partial charge in [-0.2, -0.15) is 0 Å². The Morgan fingerprint density at radius 2 is 1.72 bits per heavy atom. The molecule has 0 aliphatic rings. The highest BCUT2D eigenvalue weighted by molar-refractivity contribution is 7.92. The minimum absolute atomic E-state index is 0.0176. The Kier molecular flexibility index (Phi) is 5.07. The van der Waals surface area contributed by atoms with Gasteiger partial charge in [0.15, 0.2) is 0 Å². The lowest BCUT2D eigenvalue weighted by Crippen LogP contribution is -2.13. The second-order valence-electron chi connectivity index (χ2n) is 6.84. The van der Waals surface area contributed by atoms with Crippen LogP contribution in [0.15, 0.2) is 77.7 Å². The van der Waals surface area contributed by atoms with Crippen LogP contribution >= 0.6 is 0 Å². The van der Waals surface area contributed by atoms with Crippen molar-refractivity contribution in [1.29, 1.82) is 0 Å². The Morgan fingerprint density at radius 1 is 0.966 bits per heavy atom. The third kappa shape index (κ3) is 4.14. The van der Waals surface area contributed by atoms with Gasteiger partial charge < -0.3 is 4.57 Å². The van der Waals surface area contributed by atoms with Crippen LogP contribution in [0.5, 0.6) is 0 Å². The second kappa shape index (κ2) is 7.67. The molecular weight excluding hydrogens is 389 g/mol. The summed E-state index contributed by atoms with van der Waals surface area (Å²) in [4.78, 5) is 4.69. The first-order valence-electron chi connectivity index (χ1n) is 9.20. The molecule has 0 amide bonds. The van der Waals surface area contributed by atoms with E-state index in [0.717, 1.165) is 47.4 Å². The number of para-hydroxylation sites is 2. The minimum Gasteiger partial charge on any atom is -0.331 e. The van der Waals surface area contributed by atoms with Gasteiger partial charge >= 0.3 is 0 Å². The van der Waals surface area contributed by atoms with E-state index in [4.69, 9.17) is 0 Å². The van der Waals surface area contributed by atoms with Crippen LogP contribution in [-0.2, 0) is 29.9 Å². The average molecular weight is 409 g/mol. The maximum Gasteiger partial charge on any atom is 0.261 e. The molecule has 0 saturated heterocycles. The predicted molar refractivity (Wildman–Crippen MR) is 112 cm³/mol. The molecule has 0 radical (unpaired) electrons. The summed E-state index contributed by atoms with van der Waals surface area (Å²) in [5.41, 5.74) is 3.52. The number of sulfonamides is 1.